The van der Waals surface area contributed by atoms with Crippen molar-refractivity contribution in [2.45, 2.75) is 38.8 Å². The average Bonchev–Trinajstić information content (AvgIpc) is 3.24. The van der Waals surface area contributed by atoms with Gasteiger partial charge in [-0.15, -0.1) is 10.2 Å². The first kappa shape index (κ1) is 16.1. The fourth-order valence-corrected chi connectivity index (χ4v) is 3.41. The van der Waals surface area contributed by atoms with Gasteiger partial charge < -0.3 is 14.6 Å². The Bertz CT molecular complexity index is 681. The quantitative estimate of drug-likeness (QED) is 0.901. The summed E-state index contributed by atoms with van der Waals surface area (Å²) in [4.78, 5) is 16.8. The van der Waals surface area contributed by atoms with Crippen molar-refractivity contribution >= 4 is 17.2 Å². The maximum atomic E-state index is 12.5. The molecule has 0 saturated carbocycles. The lowest BCUT2D eigenvalue weighted by atomic mass is 10.00. The first-order chi connectivity index (χ1) is 11.1. The summed E-state index contributed by atoms with van der Waals surface area (Å²) >= 11 is 1.54. The van der Waals surface area contributed by atoms with Crippen LogP contribution in [0.15, 0.2) is 12.4 Å². The van der Waals surface area contributed by atoms with Gasteiger partial charge >= 0.3 is 0 Å². The molecule has 0 aliphatic carbocycles. The molecule has 1 saturated heterocycles. The Kier molecular flexibility index (Phi) is 4.72. The zero-order valence-electron chi connectivity index (χ0n) is 13.5. The SMILES string of the molecule is CC(C)c1nnc(CNC(=O)[C@@H]2CCO[C@H]2c2nccn2C)s1. The van der Waals surface area contributed by atoms with Gasteiger partial charge in [0.2, 0.25) is 5.91 Å². The van der Waals surface area contributed by atoms with Gasteiger partial charge in [0.25, 0.3) is 0 Å². The van der Waals surface area contributed by atoms with E-state index in [4.69, 9.17) is 4.74 Å². The highest BCUT2D eigenvalue weighted by atomic mass is 32.1. The number of hydrogen-bond acceptors (Lipinski definition) is 6. The van der Waals surface area contributed by atoms with Crippen molar-refractivity contribution in [3.05, 3.63) is 28.2 Å². The summed E-state index contributed by atoms with van der Waals surface area (Å²) in [5, 5.41) is 13.0. The van der Waals surface area contributed by atoms with E-state index >= 15 is 0 Å². The third-order valence-corrected chi connectivity index (χ3v) is 5.16. The van der Waals surface area contributed by atoms with E-state index in [1.54, 1.807) is 17.5 Å². The third kappa shape index (κ3) is 3.42. The van der Waals surface area contributed by atoms with Crippen LogP contribution in [0.5, 0.6) is 0 Å². The van der Waals surface area contributed by atoms with E-state index in [0.717, 1.165) is 15.8 Å². The molecule has 7 nitrogen and oxygen atoms in total. The molecule has 23 heavy (non-hydrogen) atoms. The number of amides is 1. The maximum Gasteiger partial charge on any atom is 0.226 e. The van der Waals surface area contributed by atoms with Gasteiger partial charge in [-0.05, 0) is 6.42 Å². The summed E-state index contributed by atoms with van der Waals surface area (Å²) in [6.07, 6.45) is 4.01. The van der Waals surface area contributed by atoms with Crippen LogP contribution in [0.4, 0.5) is 0 Å². The van der Waals surface area contributed by atoms with Crippen LogP contribution in [-0.4, -0.2) is 32.3 Å². The molecule has 8 heteroatoms. The van der Waals surface area contributed by atoms with E-state index in [1.807, 2.05) is 17.8 Å². The minimum Gasteiger partial charge on any atom is -0.369 e. The molecular formula is C15H21N5O2S. The van der Waals surface area contributed by atoms with Crippen LogP contribution in [0.2, 0.25) is 0 Å². The molecule has 0 spiro atoms. The van der Waals surface area contributed by atoms with Crippen LogP contribution in [-0.2, 0) is 23.1 Å². The lowest BCUT2D eigenvalue weighted by Gasteiger charge is -2.17. The number of aryl methyl sites for hydroxylation is 1. The Balaban J connectivity index is 1.62. The van der Waals surface area contributed by atoms with Crippen LogP contribution < -0.4 is 5.32 Å². The summed E-state index contributed by atoms with van der Waals surface area (Å²) in [6.45, 7) is 5.14. The van der Waals surface area contributed by atoms with E-state index in [2.05, 4.69) is 34.3 Å². The smallest absolute Gasteiger partial charge is 0.226 e. The molecule has 1 aliphatic heterocycles. The number of carbonyl (C=O) groups excluding carboxylic acids is 1. The topological polar surface area (TPSA) is 81.9 Å². The van der Waals surface area contributed by atoms with Crippen LogP contribution in [0.25, 0.3) is 0 Å². The number of carbonyl (C=O) groups is 1. The summed E-state index contributed by atoms with van der Waals surface area (Å²) in [7, 11) is 1.91. The van der Waals surface area contributed by atoms with E-state index in [9.17, 15) is 4.79 Å². The molecule has 2 aromatic heterocycles. The van der Waals surface area contributed by atoms with Crippen molar-refractivity contribution in [2.75, 3.05) is 6.61 Å². The van der Waals surface area contributed by atoms with Gasteiger partial charge in [-0.2, -0.15) is 0 Å². The Morgan fingerprint density at radius 3 is 3.00 bits per heavy atom. The number of nitrogens with zero attached hydrogens (tertiary/aromatic N) is 4. The Morgan fingerprint density at radius 2 is 2.35 bits per heavy atom. The molecule has 2 aromatic rings. The van der Waals surface area contributed by atoms with Crippen LogP contribution in [0.3, 0.4) is 0 Å². The first-order valence-electron chi connectivity index (χ1n) is 7.75. The van der Waals surface area contributed by atoms with Gasteiger partial charge in [0.1, 0.15) is 21.9 Å². The van der Waals surface area contributed by atoms with Crippen molar-refractivity contribution in [1.29, 1.82) is 0 Å². The molecular weight excluding hydrogens is 314 g/mol. The van der Waals surface area contributed by atoms with Crippen molar-refractivity contribution < 1.29 is 9.53 Å². The molecule has 2 atom stereocenters. The molecule has 1 fully saturated rings. The molecule has 3 rings (SSSR count). The molecule has 1 aliphatic rings. The molecule has 1 amide bonds. The van der Waals surface area contributed by atoms with Gasteiger partial charge in [0.15, 0.2) is 0 Å². The van der Waals surface area contributed by atoms with E-state index < -0.39 is 0 Å². The zero-order chi connectivity index (χ0) is 16.4. The van der Waals surface area contributed by atoms with Crippen LogP contribution in [0.1, 0.15) is 48.1 Å². The highest BCUT2D eigenvalue weighted by Crippen LogP contribution is 2.33. The van der Waals surface area contributed by atoms with Gasteiger partial charge in [0.05, 0.1) is 12.5 Å². The lowest BCUT2D eigenvalue weighted by molar-refractivity contribution is -0.127. The van der Waals surface area contributed by atoms with E-state index in [0.29, 0.717) is 25.5 Å². The minimum absolute atomic E-state index is 0.0169. The van der Waals surface area contributed by atoms with Gasteiger partial charge in [-0.25, -0.2) is 4.98 Å². The highest BCUT2D eigenvalue weighted by molar-refractivity contribution is 7.11. The van der Waals surface area contributed by atoms with Gasteiger partial charge in [-0.3, -0.25) is 4.79 Å². The second-order valence-corrected chi connectivity index (χ2v) is 7.08. The normalized spacial score (nSPS) is 21.0. The molecule has 0 unspecified atom stereocenters. The summed E-state index contributed by atoms with van der Waals surface area (Å²) in [6, 6.07) is 0. The van der Waals surface area contributed by atoms with E-state index in [1.165, 1.54) is 0 Å². The molecule has 0 radical (unpaired) electrons. The second kappa shape index (κ2) is 6.76. The van der Waals surface area contributed by atoms with Crippen molar-refractivity contribution in [1.82, 2.24) is 25.1 Å². The van der Waals surface area contributed by atoms with E-state index in [-0.39, 0.29) is 17.9 Å². The Morgan fingerprint density at radius 1 is 1.52 bits per heavy atom. The average molecular weight is 335 g/mol. The van der Waals surface area contributed by atoms with Crippen molar-refractivity contribution in [2.24, 2.45) is 13.0 Å². The Labute approximate surface area is 139 Å². The van der Waals surface area contributed by atoms with Crippen LogP contribution >= 0.6 is 11.3 Å². The number of rotatable bonds is 5. The summed E-state index contributed by atoms with van der Waals surface area (Å²) in [5.74, 6) is 0.916. The fraction of sp³-hybridized carbons (Fsp3) is 0.600. The largest absolute Gasteiger partial charge is 0.369 e. The first-order valence-corrected chi connectivity index (χ1v) is 8.56. The van der Waals surface area contributed by atoms with Gasteiger partial charge in [-0.1, -0.05) is 25.2 Å². The minimum atomic E-state index is -0.282. The monoisotopic (exact) mass is 335 g/mol. The molecule has 3 heterocycles. The zero-order valence-corrected chi connectivity index (χ0v) is 14.3. The standard InChI is InChI=1S/C15H21N5O2S/c1-9(2)15-19-18-11(23-15)8-17-14(21)10-4-7-22-12(10)13-16-5-6-20(13)3/h5-6,9-10,12H,4,7-8H2,1-3H3,(H,17,21)/t10-,12-/m1/s1. The predicted molar refractivity (Wildman–Crippen MR) is 85.9 cm³/mol. The van der Waals surface area contributed by atoms with Crippen molar-refractivity contribution in [3.63, 3.8) is 0 Å². The number of hydrogen-bond donors (Lipinski definition) is 1. The molecule has 0 bridgehead atoms. The molecule has 1 N–H and O–H groups in total. The number of ether oxygens (including phenoxy) is 1. The number of aromatic nitrogens is 4. The Hall–Kier alpha value is -1.80. The van der Waals surface area contributed by atoms with Crippen LogP contribution in [0, 0.1) is 5.92 Å². The predicted octanol–water partition coefficient (Wildman–Crippen LogP) is 1.79. The third-order valence-electron chi connectivity index (χ3n) is 3.93. The second-order valence-electron chi connectivity index (χ2n) is 5.99. The molecule has 0 aromatic carbocycles. The molecule has 124 valence electrons. The highest BCUT2D eigenvalue weighted by Gasteiger charge is 2.37. The maximum absolute atomic E-state index is 12.5. The van der Waals surface area contributed by atoms with Crippen molar-refractivity contribution in [3.8, 4) is 0 Å². The lowest BCUT2D eigenvalue weighted by Crippen LogP contribution is -2.32. The van der Waals surface area contributed by atoms with Gasteiger partial charge in [0, 0.05) is 32.0 Å². The summed E-state index contributed by atoms with van der Waals surface area (Å²) in [5.41, 5.74) is 0. The number of imidazole rings is 1. The summed E-state index contributed by atoms with van der Waals surface area (Å²) < 4.78 is 7.63. The fourth-order valence-electron chi connectivity index (χ4n) is 2.63. The number of nitrogens with one attached hydrogen (secondary N) is 1.